The first-order chi connectivity index (χ1) is 13.7. The van der Waals surface area contributed by atoms with E-state index in [1.165, 1.54) is 0 Å². The van der Waals surface area contributed by atoms with E-state index in [-0.39, 0.29) is 5.91 Å². The van der Waals surface area contributed by atoms with Crippen LogP contribution in [-0.2, 0) is 11.4 Å². The number of hydrogen-bond donors (Lipinski definition) is 1. The molecule has 0 spiro atoms. The molecule has 0 bridgehead atoms. The number of amides is 1. The Hall–Kier alpha value is -3.05. The number of methoxy groups -OCH3 is 1. The van der Waals surface area contributed by atoms with Gasteiger partial charge in [0.05, 0.1) is 7.11 Å². The van der Waals surface area contributed by atoms with E-state index in [4.69, 9.17) is 9.47 Å². The summed E-state index contributed by atoms with van der Waals surface area (Å²) in [6.07, 6.45) is 1.84. The van der Waals surface area contributed by atoms with Gasteiger partial charge in [-0.2, -0.15) is 0 Å². The van der Waals surface area contributed by atoms with Gasteiger partial charge < -0.3 is 14.8 Å². The molecule has 4 rings (SSSR count). The number of para-hydroxylation sites is 1. The van der Waals surface area contributed by atoms with Crippen molar-refractivity contribution >= 4 is 39.2 Å². The van der Waals surface area contributed by atoms with Gasteiger partial charge in [-0.15, -0.1) is 0 Å². The molecule has 0 saturated carbocycles. The quantitative estimate of drug-likeness (QED) is 0.535. The number of halogens is 1. The lowest BCUT2D eigenvalue weighted by Gasteiger charge is -2.15. The maximum Gasteiger partial charge on any atom is 0.256 e. The highest BCUT2D eigenvalue weighted by molar-refractivity contribution is 9.10. The van der Waals surface area contributed by atoms with Crippen LogP contribution in [0.15, 0.2) is 71.2 Å². The Labute approximate surface area is 171 Å². The summed E-state index contributed by atoms with van der Waals surface area (Å²) in [4.78, 5) is 12.5. The van der Waals surface area contributed by atoms with Crippen LogP contribution in [0.1, 0.15) is 16.7 Å². The minimum atomic E-state index is -0.130. The molecule has 1 aliphatic rings. The van der Waals surface area contributed by atoms with Crippen molar-refractivity contribution in [1.82, 2.24) is 0 Å². The van der Waals surface area contributed by atoms with E-state index in [1.54, 1.807) is 7.11 Å². The Bertz CT molecular complexity index is 1060. The fraction of sp³-hybridized carbons (Fsp3) is 0.0870. The largest absolute Gasteiger partial charge is 0.493 e. The molecule has 1 N–H and O–H groups in total. The van der Waals surface area contributed by atoms with Crippen molar-refractivity contribution in [3.05, 3.63) is 87.9 Å². The normalized spacial score (nSPS) is 13.9. The monoisotopic (exact) mass is 435 g/mol. The zero-order chi connectivity index (χ0) is 19.5. The molecular formula is C23H18BrNO3. The van der Waals surface area contributed by atoms with Crippen molar-refractivity contribution in [3.63, 3.8) is 0 Å². The first kappa shape index (κ1) is 18.3. The topological polar surface area (TPSA) is 47.6 Å². The van der Waals surface area contributed by atoms with Gasteiger partial charge in [-0.3, -0.25) is 4.79 Å². The maximum absolute atomic E-state index is 12.5. The van der Waals surface area contributed by atoms with Crippen LogP contribution in [0.4, 0.5) is 5.69 Å². The maximum atomic E-state index is 12.5. The number of ether oxygens (including phenoxy) is 2. The predicted octanol–water partition coefficient (Wildman–Crippen LogP) is 5.53. The number of benzene rings is 3. The molecule has 5 heteroatoms. The molecule has 28 heavy (non-hydrogen) atoms. The number of anilines is 1. The zero-order valence-electron chi connectivity index (χ0n) is 15.2. The third-order valence-corrected chi connectivity index (χ3v) is 4.96. The first-order valence-corrected chi connectivity index (χ1v) is 9.61. The summed E-state index contributed by atoms with van der Waals surface area (Å²) in [6.45, 7) is 0.401. The summed E-state index contributed by atoms with van der Waals surface area (Å²) in [7, 11) is 1.60. The van der Waals surface area contributed by atoms with Crippen molar-refractivity contribution in [2.75, 3.05) is 12.4 Å². The smallest absolute Gasteiger partial charge is 0.256 e. The highest BCUT2D eigenvalue weighted by atomic mass is 79.9. The molecule has 140 valence electrons. The van der Waals surface area contributed by atoms with Gasteiger partial charge in [0.25, 0.3) is 5.91 Å². The molecule has 3 aromatic carbocycles. The lowest BCUT2D eigenvalue weighted by atomic mass is 10.0. The van der Waals surface area contributed by atoms with E-state index in [1.807, 2.05) is 72.8 Å². The number of hydrogen-bond acceptors (Lipinski definition) is 3. The summed E-state index contributed by atoms with van der Waals surface area (Å²) in [5.74, 6) is 1.07. The van der Waals surface area contributed by atoms with Gasteiger partial charge in [0.2, 0.25) is 0 Å². The summed E-state index contributed by atoms with van der Waals surface area (Å²) < 4.78 is 12.5. The number of carbonyl (C=O) groups is 1. The van der Waals surface area contributed by atoms with E-state index in [0.29, 0.717) is 23.7 Å². The van der Waals surface area contributed by atoms with Gasteiger partial charge >= 0.3 is 0 Å². The lowest BCUT2D eigenvalue weighted by Crippen LogP contribution is -2.04. The van der Waals surface area contributed by atoms with Crippen molar-refractivity contribution < 1.29 is 14.3 Å². The van der Waals surface area contributed by atoms with Gasteiger partial charge in [-0.25, -0.2) is 0 Å². The molecule has 0 radical (unpaired) electrons. The van der Waals surface area contributed by atoms with Crippen molar-refractivity contribution in [1.29, 1.82) is 0 Å². The molecule has 0 aliphatic carbocycles. The van der Waals surface area contributed by atoms with E-state index >= 15 is 0 Å². The average Bonchev–Trinajstić information content (AvgIpc) is 3.03. The van der Waals surface area contributed by atoms with Crippen LogP contribution in [0.5, 0.6) is 11.5 Å². The summed E-state index contributed by atoms with van der Waals surface area (Å²) in [6, 6.07) is 21.3. The standard InChI is InChI=1S/C23H18BrNO3/c1-27-21-13-17(24)11-16(22(21)28-14-15-7-3-2-4-8-15)12-19-18-9-5-6-10-20(18)25-23(19)26/h2-13H,14H2,1H3,(H,25,26). The highest BCUT2D eigenvalue weighted by Crippen LogP contribution is 2.39. The Morgan fingerprint density at radius 1 is 1.04 bits per heavy atom. The number of fused-ring (bicyclic) bond motifs is 1. The van der Waals surface area contributed by atoms with Crippen LogP contribution in [0, 0.1) is 0 Å². The molecule has 1 heterocycles. The Morgan fingerprint density at radius 2 is 1.79 bits per heavy atom. The number of carbonyl (C=O) groups excluding carboxylic acids is 1. The zero-order valence-corrected chi connectivity index (χ0v) is 16.8. The minimum Gasteiger partial charge on any atom is -0.493 e. The lowest BCUT2D eigenvalue weighted by molar-refractivity contribution is -0.110. The molecular weight excluding hydrogens is 418 g/mol. The van der Waals surface area contributed by atoms with Crippen LogP contribution in [-0.4, -0.2) is 13.0 Å². The van der Waals surface area contributed by atoms with Gasteiger partial charge in [0.1, 0.15) is 6.61 Å². The summed E-state index contributed by atoms with van der Waals surface area (Å²) in [5.41, 5.74) is 4.10. The summed E-state index contributed by atoms with van der Waals surface area (Å²) in [5, 5.41) is 2.90. The first-order valence-electron chi connectivity index (χ1n) is 8.82. The second-order valence-corrected chi connectivity index (χ2v) is 7.27. The minimum absolute atomic E-state index is 0.130. The van der Waals surface area contributed by atoms with E-state index in [9.17, 15) is 4.79 Å². The third-order valence-electron chi connectivity index (χ3n) is 4.50. The van der Waals surface area contributed by atoms with E-state index < -0.39 is 0 Å². The van der Waals surface area contributed by atoms with Crippen LogP contribution < -0.4 is 14.8 Å². The molecule has 1 aliphatic heterocycles. The van der Waals surface area contributed by atoms with Crippen molar-refractivity contribution in [2.45, 2.75) is 6.61 Å². The Balaban J connectivity index is 1.76. The second kappa shape index (κ2) is 7.90. The van der Waals surface area contributed by atoms with Crippen molar-refractivity contribution in [2.24, 2.45) is 0 Å². The SMILES string of the molecule is COc1cc(Br)cc(C=C2C(=O)Nc3ccccc32)c1OCc1ccccc1. The molecule has 0 unspecified atom stereocenters. The summed E-state index contributed by atoms with van der Waals surface area (Å²) >= 11 is 3.51. The van der Waals surface area contributed by atoms with Gasteiger partial charge in [-0.05, 0) is 29.8 Å². The van der Waals surface area contributed by atoms with Crippen LogP contribution in [0.3, 0.4) is 0 Å². The molecule has 0 aromatic heterocycles. The van der Waals surface area contributed by atoms with E-state index in [0.717, 1.165) is 26.9 Å². The third kappa shape index (κ3) is 3.66. The molecule has 4 nitrogen and oxygen atoms in total. The van der Waals surface area contributed by atoms with Gasteiger partial charge in [0, 0.05) is 26.9 Å². The predicted molar refractivity (Wildman–Crippen MR) is 114 cm³/mol. The molecule has 0 saturated heterocycles. The fourth-order valence-electron chi connectivity index (χ4n) is 3.17. The molecule has 0 atom stereocenters. The average molecular weight is 436 g/mol. The Kier molecular flexibility index (Phi) is 5.17. The van der Waals surface area contributed by atoms with Crippen LogP contribution >= 0.6 is 15.9 Å². The highest BCUT2D eigenvalue weighted by Gasteiger charge is 2.24. The molecule has 0 fully saturated rings. The second-order valence-electron chi connectivity index (χ2n) is 6.36. The van der Waals surface area contributed by atoms with E-state index in [2.05, 4.69) is 21.2 Å². The molecule has 1 amide bonds. The van der Waals surface area contributed by atoms with Gasteiger partial charge in [-0.1, -0.05) is 64.5 Å². The fourth-order valence-corrected chi connectivity index (χ4v) is 3.62. The van der Waals surface area contributed by atoms with Crippen molar-refractivity contribution in [3.8, 4) is 11.5 Å². The number of nitrogens with one attached hydrogen (secondary N) is 1. The van der Waals surface area contributed by atoms with Crippen LogP contribution in [0.2, 0.25) is 0 Å². The number of rotatable bonds is 5. The van der Waals surface area contributed by atoms with Gasteiger partial charge in [0.15, 0.2) is 11.5 Å². The Morgan fingerprint density at radius 3 is 2.57 bits per heavy atom. The molecule has 3 aromatic rings. The van der Waals surface area contributed by atoms with Crippen LogP contribution in [0.25, 0.3) is 11.6 Å².